The second-order valence-electron chi connectivity index (χ2n) is 2.44. The van der Waals surface area contributed by atoms with E-state index in [1.54, 1.807) is 0 Å². The fourth-order valence-electron chi connectivity index (χ4n) is 1.15. The molecule has 0 aromatic rings. The fraction of sp³-hybridized carbons (Fsp3) is 0.833. The second-order valence-corrected chi connectivity index (χ2v) is 2.44. The fourth-order valence-corrected chi connectivity index (χ4v) is 1.15. The van der Waals surface area contributed by atoms with Gasteiger partial charge in [-0.05, 0) is 19.3 Å². The van der Waals surface area contributed by atoms with Crippen LogP contribution in [0.1, 0.15) is 25.7 Å². The summed E-state index contributed by atoms with van der Waals surface area (Å²) in [5, 5.41) is 11.5. The van der Waals surface area contributed by atoms with Gasteiger partial charge in [0.05, 0.1) is 5.71 Å². The minimum atomic E-state index is 0.0174. The van der Waals surface area contributed by atoms with Crippen molar-refractivity contribution in [3.8, 4) is 0 Å². The Balaban J connectivity index is 2.49. The second kappa shape index (κ2) is 2.82. The SMILES string of the molecule is NC1CCCCC1=NO. The van der Waals surface area contributed by atoms with Crippen molar-refractivity contribution in [2.75, 3.05) is 0 Å². The first kappa shape index (κ1) is 6.55. The summed E-state index contributed by atoms with van der Waals surface area (Å²) < 4.78 is 0. The number of nitrogens with two attached hydrogens (primary N) is 1. The molecule has 0 radical (unpaired) electrons. The van der Waals surface area contributed by atoms with Gasteiger partial charge in [0.2, 0.25) is 0 Å². The molecule has 1 saturated carbocycles. The third-order valence-corrected chi connectivity index (χ3v) is 1.75. The van der Waals surface area contributed by atoms with Crippen LogP contribution in [0.5, 0.6) is 0 Å². The monoisotopic (exact) mass is 128 g/mol. The van der Waals surface area contributed by atoms with Crippen molar-refractivity contribution < 1.29 is 5.21 Å². The van der Waals surface area contributed by atoms with E-state index in [9.17, 15) is 0 Å². The average Bonchev–Trinajstić information content (AvgIpc) is 1.89. The summed E-state index contributed by atoms with van der Waals surface area (Å²) in [6.45, 7) is 0. The van der Waals surface area contributed by atoms with E-state index in [-0.39, 0.29) is 6.04 Å². The molecule has 0 amide bonds. The van der Waals surface area contributed by atoms with E-state index in [0.29, 0.717) is 0 Å². The van der Waals surface area contributed by atoms with Crippen molar-refractivity contribution in [2.45, 2.75) is 31.7 Å². The highest BCUT2D eigenvalue weighted by atomic mass is 16.4. The quantitative estimate of drug-likeness (QED) is 0.373. The molecule has 9 heavy (non-hydrogen) atoms. The number of oxime groups is 1. The maximum absolute atomic E-state index is 8.37. The Morgan fingerprint density at radius 3 is 2.78 bits per heavy atom. The minimum Gasteiger partial charge on any atom is -0.411 e. The van der Waals surface area contributed by atoms with Crippen molar-refractivity contribution in [2.24, 2.45) is 10.9 Å². The van der Waals surface area contributed by atoms with Crippen LogP contribution < -0.4 is 5.73 Å². The molecule has 1 unspecified atom stereocenters. The van der Waals surface area contributed by atoms with Crippen LogP contribution >= 0.6 is 0 Å². The predicted octanol–water partition coefficient (Wildman–Crippen LogP) is 0.718. The largest absolute Gasteiger partial charge is 0.411 e. The Morgan fingerprint density at radius 1 is 1.56 bits per heavy atom. The van der Waals surface area contributed by atoms with E-state index in [4.69, 9.17) is 10.9 Å². The zero-order valence-corrected chi connectivity index (χ0v) is 5.38. The Labute approximate surface area is 54.5 Å². The van der Waals surface area contributed by atoms with E-state index in [0.717, 1.165) is 25.0 Å². The highest BCUT2D eigenvalue weighted by Gasteiger charge is 2.15. The van der Waals surface area contributed by atoms with Crippen LogP contribution in [0, 0.1) is 0 Å². The molecule has 0 aromatic carbocycles. The van der Waals surface area contributed by atoms with Crippen molar-refractivity contribution in [1.82, 2.24) is 0 Å². The van der Waals surface area contributed by atoms with E-state index in [1.165, 1.54) is 6.42 Å². The standard InChI is InChI=1S/C6H12N2O/c7-5-3-1-2-4-6(5)8-9/h5,9H,1-4,7H2. The summed E-state index contributed by atoms with van der Waals surface area (Å²) in [7, 11) is 0. The van der Waals surface area contributed by atoms with E-state index < -0.39 is 0 Å². The van der Waals surface area contributed by atoms with Crippen LogP contribution in [0.2, 0.25) is 0 Å². The van der Waals surface area contributed by atoms with Gasteiger partial charge in [-0.15, -0.1) is 0 Å². The zero-order chi connectivity index (χ0) is 6.69. The lowest BCUT2D eigenvalue weighted by atomic mass is 9.94. The van der Waals surface area contributed by atoms with Gasteiger partial charge in [0.1, 0.15) is 0 Å². The minimum absolute atomic E-state index is 0.0174. The summed E-state index contributed by atoms with van der Waals surface area (Å²) in [6.07, 6.45) is 4.13. The highest BCUT2D eigenvalue weighted by molar-refractivity contribution is 5.89. The number of hydrogen-bond donors (Lipinski definition) is 2. The Morgan fingerprint density at radius 2 is 2.33 bits per heavy atom. The van der Waals surface area contributed by atoms with Crippen LogP contribution in [0.4, 0.5) is 0 Å². The Bertz CT molecular complexity index is 122. The number of hydrogen-bond acceptors (Lipinski definition) is 3. The number of rotatable bonds is 0. The third-order valence-electron chi connectivity index (χ3n) is 1.75. The van der Waals surface area contributed by atoms with Crippen molar-refractivity contribution in [1.29, 1.82) is 0 Å². The van der Waals surface area contributed by atoms with E-state index in [1.807, 2.05) is 0 Å². The smallest absolute Gasteiger partial charge is 0.0737 e. The van der Waals surface area contributed by atoms with Gasteiger partial charge in [0.15, 0.2) is 0 Å². The summed E-state index contributed by atoms with van der Waals surface area (Å²) in [4.78, 5) is 0. The average molecular weight is 128 g/mol. The molecule has 1 aliphatic carbocycles. The molecule has 1 aliphatic rings. The van der Waals surface area contributed by atoms with Crippen molar-refractivity contribution in [3.05, 3.63) is 0 Å². The molecule has 0 spiro atoms. The molecule has 0 saturated heterocycles. The lowest BCUT2D eigenvalue weighted by Gasteiger charge is -2.17. The van der Waals surface area contributed by atoms with E-state index >= 15 is 0 Å². The molecule has 3 heteroatoms. The maximum Gasteiger partial charge on any atom is 0.0737 e. The van der Waals surface area contributed by atoms with Crippen LogP contribution in [0.3, 0.4) is 0 Å². The molecular formula is C6H12N2O. The van der Waals surface area contributed by atoms with Crippen molar-refractivity contribution >= 4 is 5.71 Å². The lowest BCUT2D eigenvalue weighted by Crippen LogP contribution is -2.33. The van der Waals surface area contributed by atoms with Gasteiger partial charge >= 0.3 is 0 Å². The van der Waals surface area contributed by atoms with Gasteiger partial charge < -0.3 is 10.9 Å². The predicted molar refractivity (Wildman–Crippen MR) is 35.7 cm³/mol. The van der Waals surface area contributed by atoms with Gasteiger partial charge in [-0.1, -0.05) is 11.6 Å². The molecular weight excluding hydrogens is 116 g/mol. The third kappa shape index (κ3) is 1.42. The first-order valence-electron chi connectivity index (χ1n) is 3.31. The maximum atomic E-state index is 8.37. The molecule has 1 fully saturated rings. The first-order valence-corrected chi connectivity index (χ1v) is 3.31. The topological polar surface area (TPSA) is 58.6 Å². The van der Waals surface area contributed by atoms with E-state index in [2.05, 4.69) is 5.16 Å². The van der Waals surface area contributed by atoms with Crippen LogP contribution in [0.15, 0.2) is 5.16 Å². The summed E-state index contributed by atoms with van der Waals surface area (Å²) in [6, 6.07) is 0.0174. The molecule has 52 valence electrons. The Hall–Kier alpha value is -0.570. The lowest BCUT2D eigenvalue weighted by molar-refractivity contribution is 0.312. The molecule has 3 nitrogen and oxygen atoms in total. The molecule has 3 N–H and O–H groups in total. The normalized spacial score (nSPS) is 33.0. The molecule has 0 heterocycles. The number of nitrogens with zero attached hydrogens (tertiary/aromatic N) is 1. The first-order chi connectivity index (χ1) is 4.34. The molecule has 1 atom stereocenters. The molecule has 0 bridgehead atoms. The van der Waals surface area contributed by atoms with Gasteiger partial charge in [-0.25, -0.2) is 0 Å². The van der Waals surface area contributed by atoms with Gasteiger partial charge in [-0.3, -0.25) is 0 Å². The molecule has 0 aliphatic heterocycles. The van der Waals surface area contributed by atoms with Crippen LogP contribution in [-0.2, 0) is 0 Å². The summed E-state index contributed by atoms with van der Waals surface area (Å²) in [5.74, 6) is 0. The van der Waals surface area contributed by atoms with Gasteiger partial charge in [0.25, 0.3) is 0 Å². The molecule has 0 aromatic heterocycles. The highest BCUT2D eigenvalue weighted by Crippen LogP contribution is 2.13. The molecule has 1 rings (SSSR count). The Kier molecular flexibility index (Phi) is 2.05. The zero-order valence-electron chi connectivity index (χ0n) is 5.38. The van der Waals surface area contributed by atoms with Crippen LogP contribution in [-0.4, -0.2) is 17.0 Å². The van der Waals surface area contributed by atoms with Gasteiger partial charge in [0, 0.05) is 6.04 Å². The van der Waals surface area contributed by atoms with Gasteiger partial charge in [-0.2, -0.15) is 0 Å². The van der Waals surface area contributed by atoms with Crippen molar-refractivity contribution in [3.63, 3.8) is 0 Å². The summed E-state index contributed by atoms with van der Waals surface area (Å²) >= 11 is 0. The van der Waals surface area contributed by atoms with Crippen LogP contribution in [0.25, 0.3) is 0 Å². The summed E-state index contributed by atoms with van der Waals surface area (Å²) in [5.41, 5.74) is 6.36.